The van der Waals surface area contributed by atoms with Crippen LogP contribution in [0.25, 0.3) is 5.69 Å². The predicted octanol–water partition coefficient (Wildman–Crippen LogP) is 2.14. The lowest BCUT2D eigenvalue weighted by Crippen LogP contribution is -2.34. The van der Waals surface area contributed by atoms with E-state index in [1.807, 2.05) is 12.5 Å². The molecule has 1 unspecified atom stereocenters. The predicted molar refractivity (Wildman–Crippen MR) is 77.8 cm³/mol. The lowest BCUT2D eigenvalue weighted by atomic mass is 10.2. The summed E-state index contributed by atoms with van der Waals surface area (Å²) in [6, 6.07) is 8.39. The van der Waals surface area contributed by atoms with Crippen molar-refractivity contribution in [3.63, 3.8) is 0 Å². The fourth-order valence-electron chi connectivity index (χ4n) is 2.12. The molecule has 18 heavy (non-hydrogen) atoms. The van der Waals surface area contributed by atoms with E-state index in [0.29, 0.717) is 0 Å². The topological polar surface area (TPSA) is 39.1 Å². The van der Waals surface area contributed by atoms with E-state index in [1.165, 1.54) is 3.57 Å². The zero-order chi connectivity index (χ0) is 12.4. The third kappa shape index (κ3) is 2.43. The molecular formula is C13H14IN3O. The minimum atomic E-state index is 0.0838. The number of benzene rings is 1. The van der Waals surface area contributed by atoms with Crippen LogP contribution in [0.4, 0.5) is 0 Å². The minimum Gasteiger partial charge on any atom is -0.369 e. The molecule has 0 radical (unpaired) electrons. The maximum absolute atomic E-state index is 5.78. The van der Waals surface area contributed by atoms with Gasteiger partial charge >= 0.3 is 0 Å². The maximum Gasteiger partial charge on any atom is 0.112 e. The van der Waals surface area contributed by atoms with Gasteiger partial charge in [-0.2, -0.15) is 0 Å². The van der Waals surface area contributed by atoms with Crippen molar-refractivity contribution in [2.45, 2.75) is 6.10 Å². The van der Waals surface area contributed by atoms with Crippen LogP contribution in [0.15, 0.2) is 36.8 Å². The van der Waals surface area contributed by atoms with Gasteiger partial charge in [-0.05, 0) is 46.9 Å². The van der Waals surface area contributed by atoms with Crippen LogP contribution in [-0.4, -0.2) is 29.2 Å². The molecule has 2 heterocycles. The standard InChI is InChI=1S/C13H14IN3O/c14-10-1-3-11(4-2-10)17-9-16-7-12(17)13-8-15-5-6-18-13/h1-4,7,9,13,15H,5-6,8H2. The van der Waals surface area contributed by atoms with E-state index < -0.39 is 0 Å². The second-order valence-electron chi connectivity index (χ2n) is 4.23. The number of aromatic nitrogens is 2. The second kappa shape index (κ2) is 5.38. The highest BCUT2D eigenvalue weighted by Gasteiger charge is 2.19. The molecule has 0 amide bonds. The number of nitrogens with one attached hydrogen (secondary N) is 1. The highest BCUT2D eigenvalue weighted by Crippen LogP contribution is 2.22. The molecule has 1 aliphatic rings. The van der Waals surface area contributed by atoms with Crippen LogP contribution in [0.2, 0.25) is 0 Å². The fraction of sp³-hybridized carbons (Fsp3) is 0.308. The molecule has 1 aromatic carbocycles. The van der Waals surface area contributed by atoms with Crippen LogP contribution in [0.1, 0.15) is 11.8 Å². The summed E-state index contributed by atoms with van der Waals surface area (Å²) < 4.78 is 9.10. The van der Waals surface area contributed by atoms with Crippen LogP contribution in [0.5, 0.6) is 0 Å². The van der Waals surface area contributed by atoms with Crippen molar-refractivity contribution >= 4 is 22.6 Å². The summed E-state index contributed by atoms with van der Waals surface area (Å²) in [5.74, 6) is 0. The second-order valence-corrected chi connectivity index (χ2v) is 5.47. The van der Waals surface area contributed by atoms with Gasteiger partial charge in [0, 0.05) is 22.3 Å². The summed E-state index contributed by atoms with van der Waals surface area (Å²) in [6.07, 6.45) is 3.81. The zero-order valence-electron chi connectivity index (χ0n) is 9.84. The Morgan fingerprint density at radius 3 is 2.89 bits per heavy atom. The van der Waals surface area contributed by atoms with Crippen LogP contribution in [-0.2, 0) is 4.74 Å². The van der Waals surface area contributed by atoms with Crippen LogP contribution >= 0.6 is 22.6 Å². The first-order chi connectivity index (χ1) is 8.84. The largest absolute Gasteiger partial charge is 0.369 e. The van der Waals surface area contributed by atoms with E-state index in [4.69, 9.17) is 4.74 Å². The SMILES string of the molecule is Ic1ccc(-n2cncc2C2CNCCO2)cc1. The highest BCUT2D eigenvalue weighted by atomic mass is 127. The molecule has 3 rings (SSSR count). The van der Waals surface area contributed by atoms with Gasteiger partial charge in [0.25, 0.3) is 0 Å². The fourth-order valence-corrected chi connectivity index (χ4v) is 2.48. The van der Waals surface area contributed by atoms with Crippen LogP contribution < -0.4 is 5.32 Å². The zero-order valence-corrected chi connectivity index (χ0v) is 12.0. The number of morpholine rings is 1. The molecule has 1 aromatic heterocycles. The number of halogens is 1. The third-order valence-corrected chi connectivity index (χ3v) is 3.75. The Balaban J connectivity index is 1.93. The van der Waals surface area contributed by atoms with E-state index >= 15 is 0 Å². The molecule has 94 valence electrons. The van der Waals surface area contributed by atoms with E-state index in [-0.39, 0.29) is 6.10 Å². The van der Waals surface area contributed by atoms with E-state index in [9.17, 15) is 0 Å². The number of ether oxygens (including phenoxy) is 1. The lowest BCUT2D eigenvalue weighted by Gasteiger charge is -2.24. The van der Waals surface area contributed by atoms with Gasteiger partial charge in [0.15, 0.2) is 0 Å². The Hall–Kier alpha value is -0.920. The molecule has 0 saturated carbocycles. The van der Waals surface area contributed by atoms with Gasteiger partial charge in [-0.3, -0.25) is 0 Å². The first kappa shape index (κ1) is 12.1. The molecule has 5 heteroatoms. The van der Waals surface area contributed by atoms with Gasteiger partial charge in [0.2, 0.25) is 0 Å². The van der Waals surface area contributed by atoms with E-state index in [2.05, 4.69) is 61.7 Å². The van der Waals surface area contributed by atoms with Gasteiger partial charge in [0.1, 0.15) is 6.10 Å². The number of nitrogens with zero attached hydrogens (tertiary/aromatic N) is 2. The third-order valence-electron chi connectivity index (χ3n) is 3.03. The molecule has 0 aliphatic carbocycles. The van der Waals surface area contributed by atoms with Crippen molar-refractivity contribution < 1.29 is 4.74 Å². The first-order valence-electron chi connectivity index (χ1n) is 5.95. The van der Waals surface area contributed by atoms with Crippen LogP contribution in [0.3, 0.4) is 0 Å². The summed E-state index contributed by atoms with van der Waals surface area (Å²) in [7, 11) is 0. The van der Waals surface area contributed by atoms with Crippen molar-refractivity contribution in [1.29, 1.82) is 0 Å². The monoisotopic (exact) mass is 355 g/mol. The molecule has 1 fully saturated rings. The molecule has 2 aromatic rings. The quantitative estimate of drug-likeness (QED) is 0.839. The van der Waals surface area contributed by atoms with Gasteiger partial charge in [-0.25, -0.2) is 4.98 Å². The molecular weight excluding hydrogens is 341 g/mol. The maximum atomic E-state index is 5.78. The summed E-state index contributed by atoms with van der Waals surface area (Å²) >= 11 is 2.31. The minimum absolute atomic E-state index is 0.0838. The number of hydrogen-bond acceptors (Lipinski definition) is 3. The normalized spacial score (nSPS) is 19.9. The van der Waals surface area contributed by atoms with E-state index in [0.717, 1.165) is 31.1 Å². The number of imidazole rings is 1. The average molecular weight is 355 g/mol. The summed E-state index contributed by atoms with van der Waals surface area (Å²) in [5.41, 5.74) is 2.22. The van der Waals surface area contributed by atoms with Crippen molar-refractivity contribution in [3.8, 4) is 5.69 Å². The molecule has 1 aliphatic heterocycles. The van der Waals surface area contributed by atoms with Gasteiger partial charge in [-0.1, -0.05) is 0 Å². The van der Waals surface area contributed by atoms with Gasteiger partial charge < -0.3 is 14.6 Å². The first-order valence-corrected chi connectivity index (χ1v) is 7.03. The number of rotatable bonds is 2. The smallest absolute Gasteiger partial charge is 0.112 e. The average Bonchev–Trinajstić information content (AvgIpc) is 2.90. The molecule has 1 atom stereocenters. The molecule has 1 saturated heterocycles. The number of hydrogen-bond donors (Lipinski definition) is 1. The molecule has 0 bridgehead atoms. The molecule has 4 nitrogen and oxygen atoms in total. The Labute approximate surface area is 120 Å². The Bertz CT molecular complexity index is 517. The van der Waals surface area contributed by atoms with Crippen molar-refractivity contribution in [3.05, 3.63) is 46.1 Å². The van der Waals surface area contributed by atoms with Crippen molar-refractivity contribution in [2.75, 3.05) is 19.7 Å². The Morgan fingerprint density at radius 1 is 1.33 bits per heavy atom. The molecule has 1 N–H and O–H groups in total. The summed E-state index contributed by atoms with van der Waals surface area (Å²) in [4.78, 5) is 4.25. The lowest BCUT2D eigenvalue weighted by molar-refractivity contribution is 0.0240. The van der Waals surface area contributed by atoms with Crippen molar-refractivity contribution in [1.82, 2.24) is 14.9 Å². The van der Waals surface area contributed by atoms with Gasteiger partial charge in [-0.15, -0.1) is 0 Å². The van der Waals surface area contributed by atoms with Gasteiger partial charge in [0.05, 0.1) is 24.8 Å². The summed E-state index contributed by atoms with van der Waals surface area (Å²) in [6.45, 7) is 2.52. The van der Waals surface area contributed by atoms with Crippen LogP contribution in [0, 0.1) is 3.57 Å². The summed E-state index contributed by atoms with van der Waals surface area (Å²) in [5, 5.41) is 3.34. The van der Waals surface area contributed by atoms with Crippen molar-refractivity contribution in [2.24, 2.45) is 0 Å². The Morgan fingerprint density at radius 2 is 2.17 bits per heavy atom. The van der Waals surface area contributed by atoms with E-state index in [1.54, 1.807) is 0 Å². The Kier molecular flexibility index (Phi) is 3.62. The highest BCUT2D eigenvalue weighted by molar-refractivity contribution is 14.1. The molecule has 0 spiro atoms.